The van der Waals surface area contributed by atoms with E-state index < -0.39 is 0 Å². The third kappa shape index (κ3) is 3.83. The Balaban J connectivity index is 0.00000144. The predicted molar refractivity (Wildman–Crippen MR) is 69.5 cm³/mol. The summed E-state index contributed by atoms with van der Waals surface area (Å²) in [6.07, 6.45) is 3.67. The summed E-state index contributed by atoms with van der Waals surface area (Å²) >= 11 is 0. The van der Waals surface area contributed by atoms with Crippen LogP contribution in [0, 0.1) is 0 Å². The molecule has 17 heavy (non-hydrogen) atoms. The molecule has 2 aliphatic rings. The van der Waals surface area contributed by atoms with Gasteiger partial charge in [0.05, 0.1) is 18.2 Å². The van der Waals surface area contributed by atoms with Crippen LogP contribution in [0.1, 0.15) is 33.1 Å². The van der Waals surface area contributed by atoms with Crippen molar-refractivity contribution in [3.8, 4) is 0 Å². The maximum absolute atomic E-state index is 12.3. The number of nitrogens with one attached hydrogen (secondary N) is 1. The molecule has 2 heterocycles. The van der Waals surface area contributed by atoms with E-state index in [1.807, 2.05) is 18.7 Å². The van der Waals surface area contributed by atoms with Crippen molar-refractivity contribution in [3.63, 3.8) is 0 Å². The van der Waals surface area contributed by atoms with Crippen molar-refractivity contribution in [2.24, 2.45) is 0 Å². The molecule has 2 aliphatic heterocycles. The normalized spacial score (nSPS) is 34.0. The molecule has 0 saturated carbocycles. The van der Waals surface area contributed by atoms with Crippen LogP contribution in [0.4, 0.5) is 0 Å². The number of halogens is 1. The van der Waals surface area contributed by atoms with E-state index in [9.17, 15) is 4.79 Å². The molecule has 100 valence electrons. The smallest absolute Gasteiger partial charge is 0.239 e. The quantitative estimate of drug-likeness (QED) is 0.772. The molecule has 1 N–H and O–H groups in total. The molecule has 0 aliphatic carbocycles. The lowest BCUT2D eigenvalue weighted by molar-refractivity contribution is -0.145. The number of morpholine rings is 1. The number of hydrogen-bond donors (Lipinski definition) is 1. The fourth-order valence-corrected chi connectivity index (χ4v) is 2.64. The second-order valence-corrected chi connectivity index (χ2v) is 5.00. The Morgan fingerprint density at radius 2 is 1.88 bits per heavy atom. The molecule has 2 fully saturated rings. The topological polar surface area (TPSA) is 41.6 Å². The molecule has 4 nitrogen and oxygen atoms in total. The summed E-state index contributed by atoms with van der Waals surface area (Å²) in [4.78, 5) is 14.2. The summed E-state index contributed by atoms with van der Waals surface area (Å²) in [6.45, 7) is 6.52. The van der Waals surface area contributed by atoms with Crippen molar-refractivity contribution in [2.75, 3.05) is 19.6 Å². The van der Waals surface area contributed by atoms with Gasteiger partial charge in [-0.2, -0.15) is 0 Å². The van der Waals surface area contributed by atoms with Gasteiger partial charge < -0.3 is 15.0 Å². The Bertz CT molecular complexity index is 247. The Morgan fingerprint density at radius 3 is 2.41 bits per heavy atom. The van der Waals surface area contributed by atoms with Crippen LogP contribution in [-0.4, -0.2) is 48.7 Å². The molecule has 0 bridgehead atoms. The van der Waals surface area contributed by atoms with Crippen LogP contribution in [-0.2, 0) is 9.53 Å². The van der Waals surface area contributed by atoms with E-state index in [1.165, 1.54) is 12.8 Å². The second-order valence-electron chi connectivity index (χ2n) is 5.00. The van der Waals surface area contributed by atoms with Gasteiger partial charge in [0, 0.05) is 13.1 Å². The van der Waals surface area contributed by atoms with Gasteiger partial charge in [0.2, 0.25) is 5.91 Å². The van der Waals surface area contributed by atoms with Crippen molar-refractivity contribution in [2.45, 2.75) is 51.4 Å². The molecule has 0 aromatic rings. The molecule has 5 heteroatoms. The van der Waals surface area contributed by atoms with E-state index >= 15 is 0 Å². The molecule has 2 saturated heterocycles. The maximum atomic E-state index is 12.3. The molecule has 1 amide bonds. The lowest BCUT2D eigenvalue weighted by Gasteiger charge is -2.38. The SMILES string of the molecule is CC1CN(C(=O)[C@@H]2CCCCN2)CC(C)O1.Cl. The van der Waals surface area contributed by atoms with Gasteiger partial charge in [0.1, 0.15) is 0 Å². The molecule has 3 atom stereocenters. The number of piperidine rings is 1. The molecule has 0 radical (unpaired) electrons. The van der Waals surface area contributed by atoms with Gasteiger partial charge in [0.15, 0.2) is 0 Å². The minimum absolute atomic E-state index is 0. The van der Waals surface area contributed by atoms with E-state index in [0.29, 0.717) is 0 Å². The Labute approximate surface area is 109 Å². The molecule has 0 aromatic carbocycles. The van der Waals surface area contributed by atoms with Crippen molar-refractivity contribution >= 4 is 18.3 Å². The number of ether oxygens (including phenoxy) is 1. The first-order valence-corrected chi connectivity index (χ1v) is 6.34. The highest BCUT2D eigenvalue weighted by Gasteiger charge is 2.30. The van der Waals surface area contributed by atoms with Gasteiger partial charge in [-0.15, -0.1) is 12.4 Å². The van der Waals surface area contributed by atoms with Crippen LogP contribution < -0.4 is 5.32 Å². The van der Waals surface area contributed by atoms with E-state index in [2.05, 4.69) is 5.32 Å². The van der Waals surface area contributed by atoms with Crippen molar-refractivity contribution in [3.05, 3.63) is 0 Å². The van der Waals surface area contributed by atoms with Crippen LogP contribution in [0.3, 0.4) is 0 Å². The van der Waals surface area contributed by atoms with Gasteiger partial charge in [-0.3, -0.25) is 4.79 Å². The van der Waals surface area contributed by atoms with E-state index in [4.69, 9.17) is 4.74 Å². The number of amides is 1. The summed E-state index contributed by atoms with van der Waals surface area (Å²) in [5, 5.41) is 3.31. The third-order valence-electron chi connectivity index (χ3n) is 3.34. The highest BCUT2D eigenvalue weighted by molar-refractivity contribution is 5.85. The largest absolute Gasteiger partial charge is 0.372 e. The van der Waals surface area contributed by atoms with Crippen LogP contribution in [0.15, 0.2) is 0 Å². The Kier molecular flexibility index (Phi) is 5.70. The predicted octanol–water partition coefficient (Wildman–Crippen LogP) is 1.19. The van der Waals surface area contributed by atoms with Gasteiger partial charge in [0.25, 0.3) is 0 Å². The van der Waals surface area contributed by atoms with Crippen LogP contribution in [0.25, 0.3) is 0 Å². The number of nitrogens with zero attached hydrogens (tertiary/aromatic N) is 1. The third-order valence-corrected chi connectivity index (χ3v) is 3.34. The molecule has 2 rings (SSSR count). The van der Waals surface area contributed by atoms with Gasteiger partial charge >= 0.3 is 0 Å². The zero-order valence-electron chi connectivity index (χ0n) is 10.6. The maximum Gasteiger partial charge on any atom is 0.239 e. The summed E-state index contributed by atoms with van der Waals surface area (Å²) in [5.41, 5.74) is 0. The average molecular weight is 263 g/mol. The van der Waals surface area contributed by atoms with Crippen molar-refractivity contribution in [1.82, 2.24) is 10.2 Å². The lowest BCUT2D eigenvalue weighted by atomic mass is 10.0. The number of rotatable bonds is 1. The van der Waals surface area contributed by atoms with Crippen LogP contribution in [0.5, 0.6) is 0 Å². The van der Waals surface area contributed by atoms with Crippen molar-refractivity contribution < 1.29 is 9.53 Å². The number of hydrogen-bond acceptors (Lipinski definition) is 3. The summed E-state index contributed by atoms with van der Waals surface area (Å²) in [7, 11) is 0. The lowest BCUT2D eigenvalue weighted by Crippen LogP contribution is -2.55. The first-order chi connectivity index (χ1) is 7.66. The fraction of sp³-hybridized carbons (Fsp3) is 0.917. The summed E-state index contributed by atoms with van der Waals surface area (Å²) in [6, 6.07) is 0.0475. The summed E-state index contributed by atoms with van der Waals surface area (Å²) < 4.78 is 5.64. The summed E-state index contributed by atoms with van der Waals surface area (Å²) in [5.74, 6) is 0.265. The molecular formula is C12H23ClN2O2. The highest BCUT2D eigenvalue weighted by Crippen LogP contribution is 2.15. The zero-order valence-corrected chi connectivity index (χ0v) is 11.5. The van der Waals surface area contributed by atoms with E-state index in [-0.39, 0.29) is 36.6 Å². The minimum atomic E-state index is 0. The van der Waals surface area contributed by atoms with Crippen LogP contribution in [0.2, 0.25) is 0 Å². The molecular weight excluding hydrogens is 240 g/mol. The zero-order chi connectivity index (χ0) is 11.5. The number of carbonyl (C=O) groups is 1. The number of carbonyl (C=O) groups excluding carboxylic acids is 1. The van der Waals surface area contributed by atoms with E-state index in [1.54, 1.807) is 0 Å². The monoisotopic (exact) mass is 262 g/mol. The van der Waals surface area contributed by atoms with Gasteiger partial charge in [-0.25, -0.2) is 0 Å². The van der Waals surface area contributed by atoms with Gasteiger partial charge in [-0.05, 0) is 33.2 Å². The first-order valence-electron chi connectivity index (χ1n) is 6.34. The Hall–Kier alpha value is -0.320. The molecule has 0 spiro atoms. The fourth-order valence-electron chi connectivity index (χ4n) is 2.64. The first kappa shape index (κ1) is 14.7. The minimum Gasteiger partial charge on any atom is -0.372 e. The second kappa shape index (κ2) is 6.57. The average Bonchev–Trinajstić information content (AvgIpc) is 2.28. The Morgan fingerprint density at radius 1 is 1.24 bits per heavy atom. The highest BCUT2D eigenvalue weighted by atomic mass is 35.5. The standard InChI is InChI=1S/C12H22N2O2.ClH/c1-9-7-14(8-10(2)16-9)12(15)11-5-3-4-6-13-11;/h9-11,13H,3-8H2,1-2H3;1H/t9?,10?,11-;/m0./s1. The van der Waals surface area contributed by atoms with Crippen molar-refractivity contribution in [1.29, 1.82) is 0 Å². The molecule has 0 aromatic heterocycles. The van der Waals surface area contributed by atoms with E-state index in [0.717, 1.165) is 26.1 Å². The molecule has 2 unspecified atom stereocenters. The van der Waals surface area contributed by atoms with Gasteiger partial charge in [-0.1, -0.05) is 6.42 Å². The van der Waals surface area contributed by atoms with Crippen LogP contribution >= 0.6 is 12.4 Å².